The van der Waals surface area contributed by atoms with Crippen LogP contribution in [0.5, 0.6) is 0 Å². The maximum absolute atomic E-state index is 5.33. The molecule has 0 N–H and O–H groups in total. The van der Waals surface area contributed by atoms with Crippen molar-refractivity contribution < 1.29 is 4.74 Å². The van der Waals surface area contributed by atoms with Gasteiger partial charge < -0.3 is 4.74 Å². The van der Waals surface area contributed by atoms with Crippen molar-refractivity contribution in [3.63, 3.8) is 0 Å². The molecular formula is C10H13BO. The van der Waals surface area contributed by atoms with E-state index in [4.69, 9.17) is 4.74 Å². The van der Waals surface area contributed by atoms with Gasteiger partial charge in [-0.15, -0.1) is 6.58 Å². The lowest BCUT2D eigenvalue weighted by Gasteiger charge is -2.04. The molecule has 0 aliphatic heterocycles. The summed E-state index contributed by atoms with van der Waals surface area (Å²) in [7, 11) is 2.09. The van der Waals surface area contributed by atoms with Crippen molar-refractivity contribution in [3.05, 3.63) is 42.5 Å². The van der Waals surface area contributed by atoms with E-state index >= 15 is 0 Å². The Hall–Kier alpha value is -1.02. The molecular weight excluding hydrogens is 147 g/mol. The van der Waals surface area contributed by atoms with E-state index in [0.29, 0.717) is 13.2 Å². The number of rotatable bonds is 4. The molecule has 0 atom stereocenters. The lowest BCUT2D eigenvalue weighted by atomic mass is 9.91. The third-order valence-electron chi connectivity index (χ3n) is 1.75. The number of benzene rings is 1. The molecule has 0 amide bonds. The normalized spacial score (nSPS) is 9.67. The Morgan fingerprint density at radius 1 is 1.42 bits per heavy atom. The lowest BCUT2D eigenvalue weighted by Crippen LogP contribution is -2.10. The van der Waals surface area contributed by atoms with Crippen molar-refractivity contribution in [3.8, 4) is 0 Å². The Labute approximate surface area is 74.5 Å². The van der Waals surface area contributed by atoms with Crippen molar-refractivity contribution in [2.24, 2.45) is 0 Å². The molecule has 0 bridgehead atoms. The quantitative estimate of drug-likeness (QED) is 0.357. The summed E-state index contributed by atoms with van der Waals surface area (Å²) >= 11 is 0. The molecule has 0 saturated heterocycles. The monoisotopic (exact) mass is 160 g/mol. The fraction of sp³-hybridized carbons (Fsp3) is 0.200. The van der Waals surface area contributed by atoms with E-state index in [-0.39, 0.29) is 0 Å². The van der Waals surface area contributed by atoms with Crippen molar-refractivity contribution in [1.29, 1.82) is 0 Å². The predicted octanol–water partition coefficient (Wildman–Crippen LogP) is 0.648. The summed E-state index contributed by atoms with van der Waals surface area (Å²) in [4.78, 5) is 0. The summed E-state index contributed by atoms with van der Waals surface area (Å²) in [6, 6.07) is 8.23. The van der Waals surface area contributed by atoms with Crippen LogP contribution in [-0.4, -0.2) is 14.5 Å². The molecule has 0 aliphatic rings. The van der Waals surface area contributed by atoms with Crippen LogP contribution in [0.15, 0.2) is 36.9 Å². The fourth-order valence-corrected chi connectivity index (χ4v) is 1.02. The topological polar surface area (TPSA) is 9.23 Å². The summed E-state index contributed by atoms with van der Waals surface area (Å²) in [6.07, 6.45) is 1.76. The SMILES string of the molecule is Bc1ccccc1COCC=C. The van der Waals surface area contributed by atoms with Gasteiger partial charge in [0.05, 0.1) is 13.2 Å². The fourth-order valence-electron chi connectivity index (χ4n) is 1.02. The van der Waals surface area contributed by atoms with E-state index in [1.54, 1.807) is 6.08 Å². The second kappa shape index (κ2) is 4.78. The van der Waals surface area contributed by atoms with E-state index in [1.165, 1.54) is 11.0 Å². The highest BCUT2D eigenvalue weighted by atomic mass is 16.5. The summed E-state index contributed by atoms with van der Waals surface area (Å²) in [6.45, 7) is 4.89. The second-order valence-electron chi connectivity index (χ2n) is 2.73. The van der Waals surface area contributed by atoms with E-state index in [9.17, 15) is 0 Å². The molecule has 1 nitrogen and oxygen atoms in total. The largest absolute Gasteiger partial charge is 0.373 e. The molecule has 62 valence electrons. The number of hydrogen-bond acceptors (Lipinski definition) is 1. The molecule has 0 aliphatic carbocycles. The smallest absolute Gasteiger partial charge is 0.139 e. The van der Waals surface area contributed by atoms with Gasteiger partial charge in [0.2, 0.25) is 0 Å². The van der Waals surface area contributed by atoms with Gasteiger partial charge in [0.25, 0.3) is 0 Å². The van der Waals surface area contributed by atoms with E-state index in [1.807, 2.05) is 12.1 Å². The summed E-state index contributed by atoms with van der Waals surface area (Å²) in [5.41, 5.74) is 2.53. The minimum Gasteiger partial charge on any atom is -0.373 e. The van der Waals surface area contributed by atoms with E-state index < -0.39 is 0 Å². The first-order chi connectivity index (χ1) is 5.84. The van der Waals surface area contributed by atoms with Crippen LogP contribution in [0.2, 0.25) is 0 Å². The number of hydrogen-bond donors (Lipinski definition) is 0. The summed E-state index contributed by atoms with van der Waals surface area (Å²) in [5, 5.41) is 0. The van der Waals surface area contributed by atoms with Crippen LogP contribution in [0, 0.1) is 0 Å². The van der Waals surface area contributed by atoms with Gasteiger partial charge in [-0.1, -0.05) is 35.8 Å². The third kappa shape index (κ3) is 2.55. The zero-order chi connectivity index (χ0) is 8.81. The van der Waals surface area contributed by atoms with E-state index in [2.05, 4.69) is 26.6 Å². The maximum atomic E-state index is 5.33. The Morgan fingerprint density at radius 2 is 2.17 bits per heavy atom. The molecule has 0 unspecified atom stereocenters. The molecule has 0 saturated carbocycles. The molecule has 0 fully saturated rings. The van der Waals surface area contributed by atoms with Crippen molar-refractivity contribution in [1.82, 2.24) is 0 Å². The van der Waals surface area contributed by atoms with Gasteiger partial charge >= 0.3 is 0 Å². The minimum absolute atomic E-state index is 0.619. The maximum Gasteiger partial charge on any atom is 0.139 e. The molecule has 0 spiro atoms. The Morgan fingerprint density at radius 3 is 2.83 bits per heavy atom. The molecule has 0 heterocycles. The highest BCUT2D eigenvalue weighted by Gasteiger charge is 1.94. The van der Waals surface area contributed by atoms with Crippen LogP contribution in [0.4, 0.5) is 0 Å². The number of ether oxygens (including phenoxy) is 1. The molecule has 1 rings (SSSR count). The second-order valence-corrected chi connectivity index (χ2v) is 2.73. The van der Waals surface area contributed by atoms with Crippen molar-refractivity contribution in [2.45, 2.75) is 6.61 Å². The lowest BCUT2D eigenvalue weighted by molar-refractivity contribution is 0.149. The van der Waals surface area contributed by atoms with Gasteiger partial charge in [0.1, 0.15) is 7.85 Å². The van der Waals surface area contributed by atoms with Crippen LogP contribution in [0.25, 0.3) is 0 Å². The van der Waals surface area contributed by atoms with Gasteiger partial charge in [-0.25, -0.2) is 0 Å². The zero-order valence-corrected chi connectivity index (χ0v) is 7.42. The highest BCUT2D eigenvalue weighted by molar-refractivity contribution is 6.33. The summed E-state index contributed by atoms with van der Waals surface area (Å²) < 4.78 is 5.33. The standard InChI is InChI=1S/C10H13BO/c1-2-7-12-8-9-5-3-4-6-10(9)11/h2-6H,1,7-8,11H2. The Balaban J connectivity index is 2.51. The first-order valence-corrected chi connectivity index (χ1v) is 4.07. The predicted molar refractivity (Wildman–Crippen MR) is 54.5 cm³/mol. The van der Waals surface area contributed by atoms with Gasteiger partial charge in [0.15, 0.2) is 0 Å². The van der Waals surface area contributed by atoms with Crippen LogP contribution in [0.3, 0.4) is 0 Å². The average molecular weight is 160 g/mol. The van der Waals surface area contributed by atoms with Crippen molar-refractivity contribution >= 4 is 13.3 Å². The average Bonchev–Trinajstić information content (AvgIpc) is 2.09. The summed E-state index contributed by atoms with van der Waals surface area (Å²) in [5.74, 6) is 0. The molecule has 12 heavy (non-hydrogen) atoms. The van der Waals surface area contributed by atoms with E-state index in [0.717, 1.165) is 0 Å². The first-order valence-electron chi connectivity index (χ1n) is 4.07. The van der Waals surface area contributed by atoms with Crippen LogP contribution < -0.4 is 5.46 Å². The first kappa shape index (κ1) is 9.08. The zero-order valence-electron chi connectivity index (χ0n) is 7.42. The Bertz CT molecular complexity index is 258. The van der Waals surface area contributed by atoms with Crippen LogP contribution in [-0.2, 0) is 11.3 Å². The van der Waals surface area contributed by atoms with Gasteiger partial charge in [-0.2, -0.15) is 0 Å². The molecule has 0 aromatic heterocycles. The van der Waals surface area contributed by atoms with Gasteiger partial charge in [0, 0.05) is 0 Å². The van der Waals surface area contributed by atoms with Gasteiger partial charge in [-0.05, 0) is 5.56 Å². The van der Waals surface area contributed by atoms with Gasteiger partial charge in [-0.3, -0.25) is 0 Å². The molecule has 1 aromatic carbocycles. The highest BCUT2D eigenvalue weighted by Crippen LogP contribution is 1.96. The molecule has 0 radical (unpaired) electrons. The minimum atomic E-state index is 0.619. The van der Waals surface area contributed by atoms with Crippen LogP contribution >= 0.6 is 0 Å². The van der Waals surface area contributed by atoms with Crippen molar-refractivity contribution in [2.75, 3.05) is 6.61 Å². The third-order valence-corrected chi connectivity index (χ3v) is 1.75. The Kier molecular flexibility index (Phi) is 3.62. The molecule has 2 heteroatoms. The molecule has 1 aromatic rings. The van der Waals surface area contributed by atoms with Crippen LogP contribution in [0.1, 0.15) is 5.56 Å².